The molecule has 1 aromatic carbocycles. The third-order valence-electron chi connectivity index (χ3n) is 26.9. The standard InChI is InChI=1S/C16H18O3.C15H22O2.C14H23NO2.C14H16O3.C14H22O2.C13H21NO/c1-10-11-7-8-16(2,9-14(11)19-15(10)18)12-5-3-4-6-13(12)17;1-6-10(2)15(5)8-7-11-12(9-15)17-13(16)14(11,3)4;1-5-15(4)9-14(3)7-6-11-10(2)13(16)17-12(11)8-14;1-9-10-5-6-14(2,12-4-3-7-16-12)8-11(10)17-13(9)15;1-9-10-6-7-14(5,13(2,3)4)8-11(10)16-12(9)15;1-10-9-15-12-8-13(2,6-7-14-3)5-4-11(10)12/h3-6,14,17H,7-9H2,1-2H3;6,9-11H,1,7-8H2,2-5H3;12H,5-9H2,1-4H3;3-4,7,11H,5-6,8H2,1-2H3;8-10H,6-7H2,1-5H3;10-12H,4-9H2,1-2H3. The zero-order chi connectivity index (χ0) is 74.2. The summed E-state index contributed by atoms with van der Waals surface area (Å²) >= 11 is 0. The second-order valence-electron chi connectivity index (χ2n) is 35.5. The number of furan rings is 1. The normalized spacial score (nSPS) is 35.8. The molecule has 4 saturated carbocycles. The number of phenols is 1. The number of allylic oxidation sites excluding steroid dienone is 5. The molecule has 6 aliphatic heterocycles. The average molecular weight is 1390 g/mol. The SMILES string of the molecule is C=CC(C)C1(C)C=C2OC(=O)C(C)(C)C2CC1.CC1=C2CCC(C)(c3ccccc3O)CC2OC1=O.CC1=C2CCC(C)(c3ccco3)CC2OC1=O.CC1C(=O)OC2=CC(C)(C(C)(C)C)CCC21.CCN(C)CC1(C)CCC2=C(C)C(=O)OC2C1.[C-]#[N+]CCC1(C)CCC2C(C)COC2C1. The van der Waals surface area contributed by atoms with Crippen LogP contribution in [0.4, 0.5) is 0 Å². The monoisotopic (exact) mass is 1390 g/mol. The highest BCUT2D eigenvalue weighted by Crippen LogP contribution is 2.56. The Labute approximate surface area is 604 Å². The molecule has 1 N–H and O–H groups in total. The molecule has 101 heavy (non-hydrogen) atoms. The number of esters is 5. The van der Waals surface area contributed by atoms with Gasteiger partial charge in [0.1, 0.15) is 41.3 Å². The number of hydrogen-bond acceptors (Lipinski definition) is 14. The van der Waals surface area contributed by atoms with Crippen molar-refractivity contribution < 1.29 is 61.9 Å². The van der Waals surface area contributed by atoms with E-state index in [1.165, 1.54) is 30.4 Å². The second kappa shape index (κ2) is 30.7. The molecule has 3 saturated heterocycles. The minimum Gasteiger partial charge on any atom is -0.508 e. The summed E-state index contributed by atoms with van der Waals surface area (Å²) < 4.78 is 38.6. The molecule has 7 fully saturated rings. The Bertz CT molecular complexity index is 3630. The molecule has 0 amide bonds. The Balaban J connectivity index is 0.000000141. The van der Waals surface area contributed by atoms with E-state index in [-0.39, 0.29) is 97.9 Å². The number of fused-ring (bicyclic) bond motifs is 6. The first kappa shape index (κ1) is 78.6. The fourth-order valence-electron chi connectivity index (χ4n) is 18.1. The van der Waals surface area contributed by atoms with Crippen molar-refractivity contribution in [2.75, 3.05) is 33.3 Å². The van der Waals surface area contributed by atoms with E-state index in [1.54, 1.807) is 12.3 Å². The van der Waals surface area contributed by atoms with Gasteiger partial charge in [-0.15, -0.1) is 6.58 Å². The molecule has 12 aliphatic rings. The first-order valence-electron chi connectivity index (χ1n) is 38.0. The van der Waals surface area contributed by atoms with E-state index in [0.717, 1.165) is 167 Å². The Hall–Kier alpha value is -6.50. The van der Waals surface area contributed by atoms with Crippen LogP contribution in [-0.4, -0.2) is 97.6 Å². The molecule has 554 valence electrons. The number of benzene rings is 1. The summed E-state index contributed by atoms with van der Waals surface area (Å²) in [7, 11) is 2.16. The number of carbonyl (C=O) groups excluding carboxylic acids is 5. The van der Waals surface area contributed by atoms with Crippen molar-refractivity contribution in [2.45, 2.75) is 269 Å². The number of nitrogens with zero attached hydrogens (tertiary/aromatic N) is 2. The van der Waals surface area contributed by atoms with Gasteiger partial charge in [-0.3, -0.25) is 9.59 Å². The summed E-state index contributed by atoms with van der Waals surface area (Å²) in [5, 5.41) is 10.1. The number of phenolic OH excluding ortho intramolecular Hbond substituents is 1. The Morgan fingerprint density at radius 2 is 1.29 bits per heavy atom. The van der Waals surface area contributed by atoms with Crippen molar-refractivity contribution >= 4 is 29.8 Å². The van der Waals surface area contributed by atoms with Gasteiger partial charge in [-0.25, -0.2) is 21.0 Å². The lowest BCUT2D eigenvalue weighted by Gasteiger charge is -2.43. The van der Waals surface area contributed by atoms with Crippen molar-refractivity contribution in [1.29, 1.82) is 0 Å². The lowest BCUT2D eigenvalue weighted by atomic mass is 9.61. The highest BCUT2D eigenvalue weighted by molar-refractivity contribution is 5.93. The van der Waals surface area contributed by atoms with E-state index in [9.17, 15) is 29.1 Å². The van der Waals surface area contributed by atoms with Crippen LogP contribution >= 0.6 is 0 Å². The molecular formula is C86H122N2O13. The molecule has 6 aliphatic carbocycles. The second-order valence-corrected chi connectivity index (χ2v) is 35.5. The largest absolute Gasteiger partial charge is 0.508 e. The molecule has 2 aromatic rings. The van der Waals surface area contributed by atoms with E-state index in [1.807, 2.05) is 78.0 Å². The predicted octanol–water partition coefficient (Wildman–Crippen LogP) is 18.8. The van der Waals surface area contributed by atoms with Gasteiger partial charge in [0.15, 0.2) is 0 Å². The number of carbonyl (C=O) groups is 5. The maximum absolute atomic E-state index is 11.8. The van der Waals surface area contributed by atoms with Crippen LogP contribution in [0.15, 0.2) is 117 Å². The number of rotatable bonds is 9. The molecule has 0 spiro atoms. The molecule has 7 heterocycles. The quantitative estimate of drug-likeness (QED) is 0.108. The van der Waals surface area contributed by atoms with Crippen LogP contribution in [0.3, 0.4) is 0 Å². The van der Waals surface area contributed by atoms with Gasteiger partial charge in [0.05, 0.1) is 23.7 Å². The van der Waals surface area contributed by atoms with Gasteiger partial charge >= 0.3 is 29.8 Å². The minimum absolute atomic E-state index is 0.0113. The maximum atomic E-state index is 11.8. The van der Waals surface area contributed by atoms with Gasteiger partial charge in [-0.05, 0) is 242 Å². The van der Waals surface area contributed by atoms with E-state index in [0.29, 0.717) is 35.6 Å². The minimum atomic E-state index is -0.357. The summed E-state index contributed by atoms with van der Waals surface area (Å²) in [4.78, 5) is 63.9. The van der Waals surface area contributed by atoms with E-state index < -0.39 is 0 Å². The Morgan fingerprint density at radius 3 is 1.85 bits per heavy atom. The summed E-state index contributed by atoms with van der Waals surface area (Å²) in [5.74, 6) is 5.20. The number of ether oxygens (including phenoxy) is 6. The van der Waals surface area contributed by atoms with Crippen LogP contribution in [0.2, 0.25) is 0 Å². The van der Waals surface area contributed by atoms with Gasteiger partial charge in [-0.1, -0.05) is 114 Å². The summed E-state index contributed by atoms with van der Waals surface area (Å²) in [6, 6.07) is 11.4. The maximum Gasteiger partial charge on any atom is 0.334 e. The number of para-hydroxylation sites is 1. The smallest absolute Gasteiger partial charge is 0.334 e. The van der Waals surface area contributed by atoms with Crippen molar-refractivity contribution in [1.82, 2.24) is 4.90 Å². The van der Waals surface area contributed by atoms with Gasteiger partial charge < -0.3 is 47.7 Å². The van der Waals surface area contributed by atoms with Gasteiger partial charge in [0.2, 0.25) is 6.54 Å². The molecule has 1 aromatic heterocycles. The van der Waals surface area contributed by atoms with Crippen LogP contribution in [0.1, 0.15) is 245 Å². The fraction of sp³-hybridized carbons (Fsp3) is 0.674. The molecule has 0 radical (unpaired) electrons. The molecule has 16 unspecified atom stereocenters. The van der Waals surface area contributed by atoms with Crippen molar-refractivity contribution in [3.8, 4) is 5.75 Å². The van der Waals surface area contributed by atoms with E-state index >= 15 is 0 Å². The predicted molar refractivity (Wildman–Crippen MR) is 394 cm³/mol. The Kier molecular flexibility index (Phi) is 23.9. The molecule has 15 heteroatoms. The highest BCUT2D eigenvalue weighted by atomic mass is 16.6. The number of aromatic hydroxyl groups is 1. The lowest BCUT2D eigenvalue weighted by Crippen LogP contribution is -2.39. The van der Waals surface area contributed by atoms with Crippen LogP contribution in [0.5, 0.6) is 5.75 Å². The van der Waals surface area contributed by atoms with Crippen molar-refractivity contribution in [3.05, 3.63) is 135 Å². The topological polar surface area (TPSA) is 182 Å². The summed E-state index contributed by atoms with van der Waals surface area (Å²) in [5.41, 5.74) is 7.59. The summed E-state index contributed by atoms with van der Waals surface area (Å²) in [6.07, 6.45) is 26.1. The van der Waals surface area contributed by atoms with Gasteiger partial charge in [0, 0.05) is 65.4 Å². The van der Waals surface area contributed by atoms with Crippen LogP contribution in [0, 0.1) is 74.6 Å². The molecule has 15 nitrogen and oxygen atoms in total. The lowest BCUT2D eigenvalue weighted by molar-refractivity contribution is -0.143. The van der Waals surface area contributed by atoms with Crippen LogP contribution < -0.4 is 0 Å². The molecule has 0 bridgehead atoms. The van der Waals surface area contributed by atoms with Gasteiger partial charge in [-0.2, -0.15) is 0 Å². The van der Waals surface area contributed by atoms with Crippen molar-refractivity contribution in [3.63, 3.8) is 0 Å². The third-order valence-corrected chi connectivity index (χ3v) is 26.9. The highest BCUT2D eigenvalue weighted by Gasteiger charge is 2.53. The fourth-order valence-corrected chi connectivity index (χ4v) is 18.1. The van der Waals surface area contributed by atoms with Crippen LogP contribution in [0.25, 0.3) is 4.85 Å². The summed E-state index contributed by atoms with van der Waals surface area (Å²) in [6.45, 7) is 53.0. The first-order chi connectivity index (χ1) is 47.3. The first-order valence-corrected chi connectivity index (χ1v) is 38.0. The molecule has 16 atom stereocenters. The van der Waals surface area contributed by atoms with E-state index in [2.05, 4.69) is 119 Å². The zero-order valence-corrected chi connectivity index (χ0v) is 64.8. The van der Waals surface area contributed by atoms with Crippen molar-refractivity contribution in [2.24, 2.45) is 68.0 Å². The van der Waals surface area contributed by atoms with E-state index in [4.69, 9.17) is 39.4 Å². The Morgan fingerprint density at radius 1 is 0.703 bits per heavy atom. The third kappa shape index (κ3) is 16.9. The van der Waals surface area contributed by atoms with Gasteiger partial charge in [0.25, 0.3) is 0 Å². The molecular weight excluding hydrogens is 1270 g/mol. The van der Waals surface area contributed by atoms with Crippen LogP contribution in [-0.2, 0) is 63.2 Å². The number of hydrogen-bond donors (Lipinski definition) is 1. The average Bonchev–Trinajstić information content (AvgIpc) is 1.73. The molecule has 14 rings (SSSR count). The zero-order valence-electron chi connectivity index (χ0n) is 64.8.